The molecule has 1 aromatic carbocycles. The first-order valence-electron chi connectivity index (χ1n) is 8.56. The van der Waals surface area contributed by atoms with Gasteiger partial charge in [-0.25, -0.2) is 0 Å². The second-order valence-corrected chi connectivity index (χ2v) is 6.39. The predicted octanol–water partition coefficient (Wildman–Crippen LogP) is 1.46. The summed E-state index contributed by atoms with van der Waals surface area (Å²) in [5.41, 5.74) is 1.20. The second-order valence-electron chi connectivity index (χ2n) is 6.39. The second kappa shape index (κ2) is 9.04. The quantitative estimate of drug-likeness (QED) is 0.893. The van der Waals surface area contributed by atoms with Crippen LogP contribution in [0.25, 0.3) is 0 Å². The van der Waals surface area contributed by atoms with Gasteiger partial charge < -0.3 is 15.1 Å². The minimum Gasteiger partial charge on any atom is -0.341 e. The third-order valence-electron chi connectivity index (χ3n) is 4.79. The van der Waals surface area contributed by atoms with Crippen molar-refractivity contribution in [3.05, 3.63) is 35.9 Å². The molecule has 2 aliphatic heterocycles. The van der Waals surface area contributed by atoms with E-state index < -0.39 is 0 Å². The van der Waals surface area contributed by atoms with E-state index in [4.69, 9.17) is 0 Å². The summed E-state index contributed by atoms with van der Waals surface area (Å²) >= 11 is 0. The number of carbonyl (C=O) groups is 2. The fourth-order valence-electron chi connectivity index (χ4n) is 3.50. The van der Waals surface area contributed by atoms with Crippen molar-refractivity contribution in [3.8, 4) is 0 Å². The van der Waals surface area contributed by atoms with Gasteiger partial charge in [-0.2, -0.15) is 0 Å². The Balaban J connectivity index is 0.00000208. The predicted molar refractivity (Wildman–Crippen MR) is 96.2 cm³/mol. The molecule has 0 bridgehead atoms. The van der Waals surface area contributed by atoms with Crippen LogP contribution in [0.4, 0.5) is 0 Å². The monoisotopic (exact) mass is 351 g/mol. The average molecular weight is 352 g/mol. The summed E-state index contributed by atoms with van der Waals surface area (Å²) in [6.07, 6.45) is 3.33. The topological polar surface area (TPSA) is 52.7 Å². The Kier molecular flexibility index (Phi) is 7.06. The van der Waals surface area contributed by atoms with Crippen molar-refractivity contribution in [2.24, 2.45) is 0 Å². The number of nitrogens with zero attached hydrogens (tertiary/aromatic N) is 2. The van der Waals surface area contributed by atoms with Crippen molar-refractivity contribution in [2.45, 2.75) is 31.7 Å². The van der Waals surface area contributed by atoms with Gasteiger partial charge in [-0.1, -0.05) is 30.3 Å². The minimum absolute atomic E-state index is 0. The van der Waals surface area contributed by atoms with Crippen LogP contribution in [0.5, 0.6) is 0 Å². The number of hydrogen-bond donors (Lipinski definition) is 1. The molecule has 132 valence electrons. The Morgan fingerprint density at radius 3 is 2.75 bits per heavy atom. The Hall–Kier alpha value is -1.59. The highest BCUT2D eigenvalue weighted by atomic mass is 35.5. The lowest BCUT2D eigenvalue weighted by Crippen LogP contribution is -2.57. The van der Waals surface area contributed by atoms with Crippen molar-refractivity contribution >= 4 is 24.2 Å². The van der Waals surface area contributed by atoms with Crippen molar-refractivity contribution in [2.75, 3.05) is 32.7 Å². The molecule has 0 aromatic heterocycles. The third-order valence-corrected chi connectivity index (χ3v) is 4.79. The highest BCUT2D eigenvalue weighted by Crippen LogP contribution is 2.18. The number of carbonyl (C=O) groups excluding carboxylic acids is 2. The first kappa shape index (κ1) is 18.7. The van der Waals surface area contributed by atoms with Crippen LogP contribution in [-0.4, -0.2) is 60.4 Å². The van der Waals surface area contributed by atoms with Crippen molar-refractivity contribution in [1.29, 1.82) is 0 Å². The summed E-state index contributed by atoms with van der Waals surface area (Å²) in [4.78, 5) is 28.4. The fraction of sp³-hybridized carbons (Fsp3) is 0.556. The molecule has 2 fully saturated rings. The Morgan fingerprint density at radius 2 is 2.00 bits per heavy atom. The van der Waals surface area contributed by atoms with Crippen LogP contribution >= 0.6 is 12.4 Å². The lowest BCUT2D eigenvalue weighted by molar-refractivity contribution is -0.140. The summed E-state index contributed by atoms with van der Waals surface area (Å²) in [5, 5.41) is 3.10. The van der Waals surface area contributed by atoms with E-state index in [0.29, 0.717) is 19.5 Å². The van der Waals surface area contributed by atoms with Crippen LogP contribution in [0.15, 0.2) is 30.3 Å². The van der Waals surface area contributed by atoms with Gasteiger partial charge in [-0.3, -0.25) is 9.59 Å². The van der Waals surface area contributed by atoms with Gasteiger partial charge in [0.2, 0.25) is 11.8 Å². The molecule has 0 saturated carbocycles. The van der Waals surface area contributed by atoms with E-state index in [1.165, 1.54) is 5.56 Å². The summed E-state index contributed by atoms with van der Waals surface area (Å²) in [6, 6.07) is 10.3. The first-order chi connectivity index (χ1) is 11.2. The molecular formula is C18H26ClN3O2. The van der Waals surface area contributed by atoms with Gasteiger partial charge in [0, 0.05) is 38.6 Å². The molecule has 0 radical (unpaired) electrons. The maximum Gasteiger partial charge on any atom is 0.236 e. The van der Waals surface area contributed by atoms with Crippen molar-refractivity contribution in [3.63, 3.8) is 0 Å². The zero-order valence-electron chi connectivity index (χ0n) is 13.9. The number of rotatable bonds is 4. The fourth-order valence-corrected chi connectivity index (χ4v) is 3.50. The Labute approximate surface area is 149 Å². The maximum absolute atomic E-state index is 12.5. The molecule has 1 atom stereocenters. The van der Waals surface area contributed by atoms with Gasteiger partial charge in [0.05, 0.1) is 6.54 Å². The van der Waals surface area contributed by atoms with Gasteiger partial charge in [0.25, 0.3) is 0 Å². The number of likely N-dealkylation sites (tertiary alicyclic amines) is 1. The highest BCUT2D eigenvalue weighted by molar-refractivity contribution is 5.85. The summed E-state index contributed by atoms with van der Waals surface area (Å²) < 4.78 is 0. The van der Waals surface area contributed by atoms with Crippen LogP contribution in [0, 0.1) is 0 Å². The van der Waals surface area contributed by atoms with Crippen molar-refractivity contribution < 1.29 is 9.59 Å². The lowest BCUT2D eigenvalue weighted by atomic mass is 10.0. The van der Waals surface area contributed by atoms with Crippen LogP contribution in [0.1, 0.15) is 24.8 Å². The number of benzene rings is 1. The van der Waals surface area contributed by atoms with E-state index in [-0.39, 0.29) is 30.3 Å². The number of piperazine rings is 1. The molecule has 0 spiro atoms. The smallest absolute Gasteiger partial charge is 0.236 e. The molecule has 1 N–H and O–H groups in total. The number of aryl methyl sites for hydroxylation is 1. The Bertz CT molecular complexity index is 552. The molecule has 1 aromatic rings. The van der Waals surface area contributed by atoms with Gasteiger partial charge in [0.15, 0.2) is 0 Å². The van der Waals surface area contributed by atoms with Gasteiger partial charge in [-0.15, -0.1) is 12.4 Å². The number of amides is 2. The van der Waals surface area contributed by atoms with Gasteiger partial charge in [0.1, 0.15) is 0 Å². The molecule has 2 saturated heterocycles. The number of halogens is 1. The number of nitrogens with one attached hydrogen (secondary N) is 1. The maximum atomic E-state index is 12.5. The van der Waals surface area contributed by atoms with Crippen LogP contribution < -0.4 is 5.32 Å². The minimum atomic E-state index is 0. The van der Waals surface area contributed by atoms with E-state index in [2.05, 4.69) is 17.4 Å². The van der Waals surface area contributed by atoms with E-state index in [1.54, 1.807) is 0 Å². The van der Waals surface area contributed by atoms with Crippen molar-refractivity contribution in [1.82, 2.24) is 15.1 Å². The molecule has 2 aliphatic rings. The summed E-state index contributed by atoms with van der Waals surface area (Å²) in [6.45, 7) is 3.56. The molecule has 2 amide bonds. The number of hydrogen-bond acceptors (Lipinski definition) is 3. The molecule has 1 unspecified atom stereocenters. The van der Waals surface area contributed by atoms with E-state index in [1.807, 2.05) is 28.0 Å². The molecule has 2 heterocycles. The SMILES string of the molecule is Cl.O=C(CCc1ccccc1)N1CCCC(N2CCNCC2=O)C1. The molecule has 0 aliphatic carbocycles. The van der Waals surface area contributed by atoms with E-state index in [0.717, 1.165) is 38.9 Å². The third kappa shape index (κ3) is 4.71. The zero-order valence-corrected chi connectivity index (χ0v) is 14.8. The zero-order chi connectivity index (χ0) is 16.1. The Morgan fingerprint density at radius 1 is 1.21 bits per heavy atom. The van der Waals surface area contributed by atoms with Gasteiger partial charge in [-0.05, 0) is 24.8 Å². The molecule has 5 nitrogen and oxygen atoms in total. The standard InChI is InChI=1S/C18H25N3O2.ClH/c22-17(9-8-15-5-2-1-3-6-15)20-11-4-7-16(14-20)21-12-10-19-13-18(21)23;/h1-3,5-6,16,19H,4,7-14H2;1H. The highest BCUT2D eigenvalue weighted by Gasteiger charge is 2.31. The lowest BCUT2D eigenvalue weighted by Gasteiger charge is -2.41. The normalized spacial score (nSPS) is 21.3. The van der Waals surface area contributed by atoms with Crippen LogP contribution in [-0.2, 0) is 16.0 Å². The molecular weight excluding hydrogens is 326 g/mol. The summed E-state index contributed by atoms with van der Waals surface area (Å²) in [7, 11) is 0. The van der Waals surface area contributed by atoms with E-state index in [9.17, 15) is 9.59 Å². The number of piperidine rings is 1. The van der Waals surface area contributed by atoms with Crippen LogP contribution in [0.3, 0.4) is 0 Å². The molecule has 3 rings (SSSR count). The average Bonchev–Trinajstić information content (AvgIpc) is 2.61. The summed E-state index contributed by atoms with van der Waals surface area (Å²) in [5.74, 6) is 0.376. The van der Waals surface area contributed by atoms with Crippen LogP contribution in [0.2, 0.25) is 0 Å². The molecule has 24 heavy (non-hydrogen) atoms. The largest absolute Gasteiger partial charge is 0.341 e. The van der Waals surface area contributed by atoms with E-state index >= 15 is 0 Å². The first-order valence-corrected chi connectivity index (χ1v) is 8.56. The molecule has 6 heteroatoms. The van der Waals surface area contributed by atoms with Gasteiger partial charge >= 0.3 is 0 Å².